The number of anilines is 1. The molecule has 4 heteroatoms. The van der Waals surface area contributed by atoms with Crippen molar-refractivity contribution >= 4 is 17.0 Å². The first kappa shape index (κ1) is 22.6. The number of allylic oxidation sites excluding steroid dienone is 4. The number of rotatable bonds is 4. The summed E-state index contributed by atoms with van der Waals surface area (Å²) in [5.74, 6) is 1.25. The lowest BCUT2D eigenvalue weighted by molar-refractivity contribution is -0.114. The summed E-state index contributed by atoms with van der Waals surface area (Å²) >= 11 is 0. The van der Waals surface area contributed by atoms with Gasteiger partial charge in [0.15, 0.2) is 5.78 Å². The predicted octanol–water partition coefficient (Wildman–Crippen LogP) is 5.07. The van der Waals surface area contributed by atoms with Gasteiger partial charge in [0.2, 0.25) is 0 Å². The number of carbonyl (C=O) groups excluding carboxylic acids is 1. The van der Waals surface area contributed by atoms with Crippen LogP contribution in [0.15, 0.2) is 53.1 Å². The quantitative estimate of drug-likeness (QED) is 0.677. The minimum atomic E-state index is -0.912. The molecule has 0 amide bonds. The zero-order valence-corrected chi connectivity index (χ0v) is 20.2. The average molecular weight is 448 g/mol. The van der Waals surface area contributed by atoms with Gasteiger partial charge in [0.1, 0.15) is 0 Å². The van der Waals surface area contributed by atoms with Crippen molar-refractivity contribution in [3.63, 3.8) is 0 Å². The molecule has 33 heavy (non-hydrogen) atoms. The molecule has 0 bridgehead atoms. The molecule has 5 rings (SSSR count). The summed E-state index contributed by atoms with van der Waals surface area (Å²) in [7, 11) is 4.03. The molecule has 0 unspecified atom stereocenters. The first-order valence-electron chi connectivity index (χ1n) is 12.5. The summed E-state index contributed by atoms with van der Waals surface area (Å²) in [4.78, 5) is 14.0. The lowest BCUT2D eigenvalue weighted by Crippen LogP contribution is -2.49. The van der Waals surface area contributed by atoms with E-state index in [2.05, 4.69) is 24.0 Å². The number of aliphatic hydroxyl groups excluding tert-OH is 1. The van der Waals surface area contributed by atoms with Crippen LogP contribution in [0.5, 0.6) is 0 Å². The molecule has 2 fully saturated rings. The van der Waals surface area contributed by atoms with E-state index in [1.165, 1.54) is 11.1 Å². The third-order valence-corrected chi connectivity index (χ3v) is 9.29. The number of aliphatic hydroxyl groups is 2. The molecule has 2 N–H and O–H groups in total. The third-order valence-electron chi connectivity index (χ3n) is 9.29. The van der Waals surface area contributed by atoms with E-state index < -0.39 is 5.60 Å². The van der Waals surface area contributed by atoms with Crippen LogP contribution >= 0.6 is 0 Å². The molecule has 0 spiro atoms. The Labute approximate surface area is 197 Å². The van der Waals surface area contributed by atoms with E-state index >= 15 is 0 Å². The van der Waals surface area contributed by atoms with Crippen molar-refractivity contribution in [1.82, 2.24) is 0 Å². The summed E-state index contributed by atoms with van der Waals surface area (Å²) < 4.78 is 0. The van der Waals surface area contributed by atoms with Crippen molar-refractivity contribution in [1.29, 1.82) is 0 Å². The van der Waals surface area contributed by atoms with Gasteiger partial charge in [-0.3, -0.25) is 4.79 Å². The molecule has 2 saturated carbocycles. The fraction of sp³-hybridized carbons (Fsp3) is 0.552. The van der Waals surface area contributed by atoms with Gasteiger partial charge in [-0.25, -0.2) is 0 Å². The number of hydrogen-bond donors (Lipinski definition) is 2. The molecule has 1 aromatic rings. The Bertz CT molecular complexity index is 1050. The zero-order chi connectivity index (χ0) is 23.4. The molecule has 4 atom stereocenters. The smallest absolute Gasteiger partial charge is 0.156 e. The summed E-state index contributed by atoms with van der Waals surface area (Å²) in [6.45, 7) is 2.20. The standard InChI is InChI=1S/C29H37NO3/c1-28-14-12-25-24-11-9-23(32)16-20(24)6-10-26(25)27(28)13-15-29(28,33)17-21(18-31)19-4-7-22(8-5-19)30(2)3/h4-5,7-8,16-17,26-27,31,33H,6,9-15,18H2,1-3H3/b21-17+/t26-,27+,28+,29-/m1/s1. The Kier molecular flexibility index (Phi) is 5.65. The number of fused-ring (bicyclic) bond motifs is 4. The fourth-order valence-corrected chi connectivity index (χ4v) is 7.30. The predicted molar refractivity (Wildman–Crippen MR) is 133 cm³/mol. The van der Waals surface area contributed by atoms with Crippen molar-refractivity contribution in [2.24, 2.45) is 17.3 Å². The van der Waals surface area contributed by atoms with Crippen LogP contribution in [0.2, 0.25) is 0 Å². The van der Waals surface area contributed by atoms with Crippen LogP contribution < -0.4 is 4.90 Å². The van der Waals surface area contributed by atoms with E-state index in [-0.39, 0.29) is 17.8 Å². The number of benzene rings is 1. The van der Waals surface area contributed by atoms with Gasteiger partial charge >= 0.3 is 0 Å². The molecule has 0 radical (unpaired) electrons. The Balaban J connectivity index is 1.46. The highest BCUT2D eigenvalue weighted by atomic mass is 16.3. The van der Waals surface area contributed by atoms with Crippen LogP contribution in [-0.2, 0) is 4.79 Å². The molecule has 4 aliphatic rings. The second kappa shape index (κ2) is 8.25. The molecule has 4 nitrogen and oxygen atoms in total. The van der Waals surface area contributed by atoms with E-state index in [1.807, 2.05) is 38.4 Å². The summed E-state index contributed by atoms with van der Waals surface area (Å²) in [5, 5.41) is 22.3. The van der Waals surface area contributed by atoms with Gasteiger partial charge in [-0.05, 0) is 103 Å². The van der Waals surface area contributed by atoms with Crippen molar-refractivity contribution in [2.75, 3.05) is 25.6 Å². The van der Waals surface area contributed by atoms with E-state index in [4.69, 9.17) is 0 Å². The second-order valence-corrected chi connectivity index (χ2v) is 11.0. The van der Waals surface area contributed by atoms with Gasteiger partial charge in [-0.2, -0.15) is 0 Å². The van der Waals surface area contributed by atoms with Crippen molar-refractivity contribution < 1.29 is 15.0 Å². The minimum Gasteiger partial charge on any atom is -0.392 e. The third kappa shape index (κ3) is 3.63. The number of ketones is 1. The maximum absolute atomic E-state index is 12.0. The molecular weight excluding hydrogens is 410 g/mol. The maximum Gasteiger partial charge on any atom is 0.156 e. The lowest BCUT2D eigenvalue weighted by atomic mass is 9.55. The summed E-state index contributed by atoms with van der Waals surface area (Å²) in [6, 6.07) is 8.20. The van der Waals surface area contributed by atoms with Gasteiger partial charge in [-0.15, -0.1) is 0 Å². The van der Waals surface area contributed by atoms with Gasteiger partial charge < -0.3 is 15.1 Å². The van der Waals surface area contributed by atoms with Gasteiger partial charge in [0, 0.05) is 31.6 Å². The molecular formula is C29H37NO3. The van der Waals surface area contributed by atoms with Gasteiger partial charge in [-0.1, -0.05) is 24.6 Å². The van der Waals surface area contributed by atoms with Crippen molar-refractivity contribution in [3.05, 3.63) is 58.7 Å². The maximum atomic E-state index is 12.0. The first-order valence-corrected chi connectivity index (χ1v) is 12.5. The van der Waals surface area contributed by atoms with Crippen LogP contribution in [0.3, 0.4) is 0 Å². The Hall–Kier alpha value is -2.17. The molecule has 4 aliphatic carbocycles. The highest BCUT2D eigenvalue weighted by molar-refractivity contribution is 5.93. The van der Waals surface area contributed by atoms with Crippen LogP contribution in [-0.4, -0.2) is 42.3 Å². The van der Waals surface area contributed by atoms with Crippen LogP contribution in [0.4, 0.5) is 5.69 Å². The zero-order valence-electron chi connectivity index (χ0n) is 20.2. The van der Waals surface area contributed by atoms with E-state index in [1.54, 1.807) is 5.57 Å². The molecule has 0 aliphatic heterocycles. The van der Waals surface area contributed by atoms with Crippen molar-refractivity contribution in [3.8, 4) is 0 Å². The monoisotopic (exact) mass is 447 g/mol. The molecule has 1 aromatic carbocycles. The highest BCUT2D eigenvalue weighted by Crippen LogP contribution is 2.64. The largest absolute Gasteiger partial charge is 0.392 e. The Morgan fingerprint density at radius 1 is 1.09 bits per heavy atom. The summed E-state index contributed by atoms with van der Waals surface area (Å²) in [5.41, 5.74) is 6.13. The van der Waals surface area contributed by atoms with E-state index in [0.29, 0.717) is 18.3 Å². The van der Waals surface area contributed by atoms with Crippen LogP contribution in [0.1, 0.15) is 63.9 Å². The highest BCUT2D eigenvalue weighted by Gasteiger charge is 2.60. The molecule has 0 saturated heterocycles. The summed E-state index contributed by atoms with van der Waals surface area (Å²) in [6.07, 6.45) is 11.3. The number of hydrogen-bond acceptors (Lipinski definition) is 4. The second-order valence-electron chi connectivity index (χ2n) is 11.0. The molecule has 176 valence electrons. The van der Waals surface area contributed by atoms with Crippen molar-refractivity contribution in [2.45, 2.75) is 63.9 Å². The topological polar surface area (TPSA) is 60.8 Å². The molecule has 0 heterocycles. The first-order chi connectivity index (χ1) is 15.8. The minimum absolute atomic E-state index is 0.0781. The Morgan fingerprint density at radius 3 is 2.55 bits per heavy atom. The van der Waals surface area contributed by atoms with Gasteiger partial charge in [0.25, 0.3) is 0 Å². The van der Waals surface area contributed by atoms with Crippen LogP contribution in [0, 0.1) is 17.3 Å². The number of nitrogens with zero attached hydrogens (tertiary/aromatic N) is 1. The van der Waals surface area contributed by atoms with E-state index in [0.717, 1.165) is 61.8 Å². The Morgan fingerprint density at radius 2 is 1.85 bits per heavy atom. The normalized spacial score (nSPS) is 33.9. The SMILES string of the molecule is CN(C)c1ccc(/C(=C/[C@]2(O)CC[C@H]3[C@@H]4CCC5=CC(=O)CCC5=C4CC[C@@]32C)CO)cc1. The lowest BCUT2D eigenvalue weighted by Gasteiger charge is -2.51. The van der Waals surface area contributed by atoms with Gasteiger partial charge in [0.05, 0.1) is 12.2 Å². The van der Waals surface area contributed by atoms with E-state index in [9.17, 15) is 15.0 Å². The fourth-order valence-electron chi connectivity index (χ4n) is 7.30. The van der Waals surface area contributed by atoms with Crippen LogP contribution in [0.25, 0.3) is 5.57 Å². The average Bonchev–Trinajstić information content (AvgIpc) is 3.08. The molecule has 0 aromatic heterocycles. The number of carbonyl (C=O) groups is 1.